The summed E-state index contributed by atoms with van der Waals surface area (Å²) in [4.78, 5) is 23.8. The topological polar surface area (TPSA) is 78.4 Å². The molecule has 2 fully saturated rings. The number of hydrogen-bond donors (Lipinski definition) is 3. The van der Waals surface area contributed by atoms with Crippen molar-refractivity contribution in [1.82, 2.24) is 10.6 Å². The standard InChI is InChI=1S/C15H26N2O3S/c1-2-11-3-7-15(8-4-11,13(18)19)17-14(20)16-12-5-9-21-10-6-12/h11-12H,2-10H2,1H3,(H,18,19)(H2,16,17,20). The van der Waals surface area contributed by atoms with E-state index in [1.165, 1.54) is 0 Å². The van der Waals surface area contributed by atoms with Gasteiger partial charge in [-0.1, -0.05) is 13.3 Å². The van der Waals surface area contributed by atoms with E-state index in [0.29, 0.717) is 18.8 Å². The molecule has 6 heteroatoms. The molecule has 1 aliphatic heterocycles. The number of carboxylic acid groups (broad SMARTS) is 1. The van der Waals surface area contributed by atoms with Crippen molar-refractivity contribution in [2.75, 3.05) is 11.5 Å². The fourth-order valence-corrected chi connectivity index (χ4v) is 4.36. The Morgan fingerprint density at radius 3 is 2.33 bits per heavy atom. The minimum Gasteiger partial charge on any atom is -0.480 e. The number of carbonyl (C=O) groups is 2. The summed E-state index contributed by atoms with van der Waals surface area (Å²) in [5.41, 5.74) is -1.07. The van der Waals surface area contributed by atoms with Gasteiger partial charge in [-0.15, -0.1) is 0 Å². The fraction of sp³-hybridized carbons (Fsp3) is 0.867. The van der Waals surface area contributed by atoms with Crippen LogP contribution in [0.3, 0.4) is 0 Å². The first-order valence-electron chi connectivity index (χ1n) is 7.95. The van der Waals surface area contributed by atoms with Gasteiger partial charge >= 0.3 is 12.0 Å². The van der Waals surface area contributed by atoms with Crippen molar-refractivity contribution in [2.24, 2.45) is 5.92 Å². The molecule has 0 atom stereocenters. The molecule has 0 radical (unpaired) electrons. The highest BCUT2D eigenvalue weighted by molar-refractivity contribution is 7.99. The number of rotatable bonds is 4. The quantitative estimate of drug-likeness (QED) is 0.745. The molecule has 1 saturated heterocycles. The number of urea groups is 1. The Morgan fingerprint density at radius 2 is 1.81 bits per heavy atom. The molecule has 0 aromatic carbocycles. The van der Waals surface area contributed by atoms with Crippen LogP contribution >= 0.6 is 11.8 Å². The summed E-state index contributed by atoms with van der Waals surface area (Å²) in [5, 5.41) is 15.3. The highest BCUT2D eigenvalue weighted by Gasteiger charge is 2.43. The fourth-order valence-electron chi connectivity index (χ4n) is 3.25. The first kappa shape index (κ1) is 16.5. The van der Waals surface area contributed by atoms with Gasteiger partial charge in [0.2, 0.25) is 0 Å². The molecule has 0 spiro atoms. The van der Waals surface area contributed by atoms with E-state index in [1.807, 2.05) is 11.8 Å². The second kappa shape index (κ2) is 7.38. The first-order chi connectivity index (χ1) is 10.1. The zero-order valence-electron chi connectivity index (χ0n) is 12.7. The van der Waals surface area contributed by atoms with Crippen LogP contribution in [-0.4, -0.2) is 40.2 Å². The average Bonchev–Trinajstić information content (AvgIpc) is 2.48. The molecule has 3 N–H and O–H groups in total. The lowest BCUT2D eigenvalue weighted by atomic mass is 9.75. The second-order valence-electron chi connectivity index (χ2n) is 6.22. The van der Waals surface area contributed by atoms with Crippen molar-refractivity contribution < 1.29 is 14.7 Å². The third-order valence-corrected chi connectivity index (χ3v) is 5.90. The molecule has 0 unspecified atom stereocenters. The van der Waals surface area contributed by atoms with Gasteiger partial charge in [0.25, 0.3) is 0 Å². The number of carbonyl (C=O) groups excluding carboxylic acids is 1. The van der Waals surface area contributed by atoms with Gasteiger partial charge in [-0.2, -0.15) is 11.8 Å². The normalized spacial score (nSPS) is 30.6. The minimum absolute atomic E-state index is 0.184. The van der Waals surface area contributed by atoms with E-state index < -0.39 is 11.5 Å². The second-order valence-corrected chi connectivity index (χ2v) is 7.45. The Kier molecular flexibility index (Phi) is 5.79. The highest BCUT2D eigenvalue weighted by atomic mass is 32.2. The molecule has 120 valence electrons. The molecule has 2 amide bonds. The van der Waals surface area contributed by atoms with Crippen LogP contribution in [0.25, 0.3) is 0 Å². The number of carboxylic acids is 1. The lowest BCUT2D eigenvalue weighted by Crippen LogP contribution is -2.59. The SMILES string of the molecule is CCC1CCC(NC(=O)NC2CCSCC2)(C(=O)O)CC1. The Bertz CT molecular complexity index is 375. The van der Waals surface area contributed by atoms with Crippen molar-refractivity contribution in [1.29, 1.82) is 0 Å². The van der Waals surface area contributed by atoms with E-state index in [4.69, 9.17) is 0 Å². The molecule has 2 aliphatic rings. The summed E-state index contributed by atoms with van der Waals surface area (Å²) in [6, 6.07) is -0.131. The molecule has 0 aromatic rings. The van der Waals surface area contributed by atoms with Crippen molar-refractivity contribution in [2.45, 2.75) is 63.5 Å². The zero-order valence-corrected chi connectivity index (χ0v) is 13.5. The predicted molar refractivity (Wildman–Crippen MR) is 84.6 cm³/mol. The van der Waals surface area contributed by atoms with Gasteiger partial charge in [0.1, 0.15) is 5.54 Å². The zero-order chi connectivity index (χ0) is 15.3. The molecule has 2 rings (SSSR count). The van der Waals surface area contributed by atoms with Gasteiger partial charge in [-0.05, 0) is 55.9 Å². The Hall–Kier alpha value is -0.910. The maximum absolute atomic E-state index is 12.1. The van der Waals surface area contributed by atoms with E-state index in [0.717, 1.165) is 43.6 Å². The van der Waals surface area contributed by atoms with E-state index in [2.05, 4.69) is 17.6 Å². The monoisotopic (exact) mass is 314 g/mol. The van der Waals surface area contributed by atoms with Crippen LogP contribution in [0.15, 0.2) is 0 Å². The average molecular weight is 314 g/mol. The van der Waals surface area contributed by atoms with Crippen LogP contribution < -0.4 is 10.6 Å². The van der Waals surface area contributed by atoms with Gasteiger partial charge < -0.3 is 15.7 Å². The molecule has 1 saturated carbocycles. The third kappa shape index (κ3) is 4.28. The van der Waals surface area contributed by atoms with E-state index >= 15 is 0 Å². The Balaban J connectivity index is 1.90. The number of amides is 2. The van der Waals surface area contributed by atoms with Gasteiger partial charge in [-0.3, -0.25) is 0 Å². The predicted octanol–water partition coefficient (Wildman–Crippen LogP) is 2.60. The summed E-state index contributed by atoms with van der Waals surface area (Å²) in [6.07, 6.45) is 5.85. The van der Waals surface area contributed by atoms with Gasteiger partial charge in [0.15, 0.2) is 0 Å². The van der Waals surface area contributed by atoms with Crippen LogP contribution in [0.2, 0.25) is 0 Å². The highest BCUT2D eigenvalue weighted by Crippen LogP contribution is 2.34. The van der Waals surface area contributed by atoms with Gasteiger partial charge in [0.05, 0.1) is 0 Å². The third-order valence-electron chi connectivity index (χ3n) is 4.85. The Labute approximate surface area is 130 Å². The summed E-state index contributed by atoms with van der Waals surface area (Å²) >= 11 is 1.90. The molecule has 1 aliphatic carbocycles. The first-order valence-corrected chi connectivity index (χ1v) is 9.11. The molecule has 0 bridgehead atoms. The summed E-state index contributed by atoms with van der Waals surface area (Å²) in [6.45, 7) is 2.14. The number of aliphatic carboxylic acids is 1. The summed E-state index contributed by atoms with van der Waals surface area (Å²) < 4.78 is 0. The maximum Gasteiger partial charge on any atom is 0.329 e. The smallest absolute Gasteiger partial charge is 0.329 e. The largest absolute Gasteiger partial charge is 0.480 e. The maximum atomic E-state index is 12.1. The molecule has 21 heavy (non-hydrogen) atoms. The lowest BCUT2D eigenvalue weighted by Gasteiger charge is -2.37. The Morgan fingerprint density at radius 1 is 1.19 bits per heavy atom. The molecular weight excluding hydrogens is 288 g/mol. The molecular formula is C15H26N2O3S. The van der Waals surface area contributed by atoms with Crippen molar-refractivity contribution >= 4 is 23.8 Å². The van der Waals surface area contributed by atoms with Crippen LogP contribution in [0.1, 0.15) is 51.9 Å². The van der Waals surface area contributed by atoms with Crippen molar-refractivity contribution in [3.05, 3.63) is 0 Å². The van der Waals surface area contributed by atoms with Gasteiger partial charge in [-0.25, -0.2) is 9.59 Å². The van der Waals surface area contributed by atoms with Crippen molar-refractivity contribution in [3.63, 3.8) is 0 Å². The molecule has 0 aromatic heterocycles. The van der Waals surface area contributed by atoms with Crippen LogP contribution in [0, 0.1) is 5.92 Å². The minimum atomic E-state index is -1.07. The van der Waals surface area contributed by atoms with E-state index in [-0.39, 0.29) is 12.1 Å². The molecule has 5 nitrogen and oxygen atoms in total. The summed E-state index contributed by atoms with van der Waals surface area (Å²) in [7, 11) is 0. The van der Waals surface area contributed by atoms with E-state index in [9.17, 15) is 14.7 Å². The number of nitrogens with one attached hydrogen (secondary N) is 2. The summed E-state index contributed by atoms with van der Waals surface area (Å²) in [5.74, 6) is 1.82. The number of thioether (sulfide) groups is 1. The number of hydrogen-bond acceptors (Lipinski definition) is 3. The van der Waals surface area contributed by atoms with E-state index in [1.54, 1.807) is 0 Å². The lowest BCUT2D eigenvalue weighted by molar-refractivity contribution is -0.146. The van der Waals surface area contributed by atoms with Gasteiger partial charge in [0, 0.05) is 6.04 Å². The van der Waals surface area contributed by atoms with Crippen molar-refractivity contribution in [3.8, 4) is 0 Å². The van der Waals surface area contributed by atoms with Crippen LogP contribution in [0.5, 0.6) is 0 Å². The van der Waals surface area contributed by atoms with Crippen LogP contribution in [-0.2, 0) is 4.79 Å². The van der Waals surface area contributed by atoms with Crippen LogP contribution in [0.4, 0.5) is 4.79 Å². The molecule has 1 heterocycles.